The van der Waals surface area contributed by atoms with Crippen molar-refractivity contribution in [3.05, 3.63) is 47.3 Å². The van der Waals surface area contributed by atoms with Crippen LogP contribution < -0.4 is 0 Å². The quantitative estimate of drug-likeness (QED) is 0.517. The van der Waals surface area contributed by atoms with Crippen LogP contribution in [0.15, 0.2) is 30.3 Å². The number of nitrogens with zero attached hydrogens (tertiary/aromatic N) is 1. The van der Waals surface area contributed by atoms with Gasteiger partial charge in [0.15, 0.2) is 0 Å². The minimum atomic E-state index is -0.870. The summed E-state index contributed by atoms with van der Waals surface area (Å²) in [5.41, 5.74) is 1.09. The van der Waals surface area contributed by atoms with Crippen LogP contribution in [0.3, 0.4) is 0 Å². The summed E-state index contributed by atoms with van der Waals surface area (Å²) < 4.78 is 9.59. The van der Waals surface area contributed by atoms with E-state index in [4.69, 9.17) is 6.57 Å². The first-order valence-corrected chi connectivity index (χ1v) is 7.04. The summed E-state index contributed by atoms with van der Waals surface area (Å²) in [6.45, 7) is 14.4. The molecule has 0 aliphatic rings. The lowest BCUT2D eigenvalue weighted by atomic mass is 10.2. The van der Waals surface area contributed by atoms with Gasteiger partial charge in [-0.3, -0.25) is 0 Å². The van der Waals surface area contributed by atoms with Crippen molar-refractivity contribution in [1.82, 2.24) is 0 Å². The molecule has 15 heavy (non-hydrogen) atoms. The van der Waals surface area contributed by atoms with Crippen molar-refractivity contribution in [2.45, 2.75) is 20.4 Å². The molecule has 0 saturated heterocycles. The zero-order chi connectivity index (χ0) is 12.1. The van der Waals surface area contributed by atoms with Gasteiger partial charge in [0.2, 0.25) is 6.54 Å². The van der Waals surface area contributed by atoms with E-state index in [1.54, 1.807) is 13.3 Å². The zero-order valence-corrected chi connectivity index (χ0v) is 10.8. The Balaban J connectivity index is 0. The molecule has 0 spiro atoms. The maximum absolute atomic E-state index is 9.59. The van der Waals surface area contributed by atoms with Gasteiger partial charge in [-0.05, 0) is 0 Å². The molecule has 0 radical (unpaired) electrons. The third-order valence-electron chi connectivity index (χ3n) is 1.10. The van der Waals surface area contributed by atoms with Crippen LogP contribution in [0.25, 0.3) is 4.85 Å². The molecule has 0 heterocycles. The highest BCUT2D eigenvalue weighted by atomic mass is 31.1. The Labute approximate surface area is 93.9 Å². The van der Waals surface area contributed by atoms with Crippen molar-refractivity contribution in [3.63, 3.8) is 0 Å². The molecule has 0 saturated carbocycles. The molecule has 0 amide bonds. The highest BCUT2D eigenvalue weighted by molar-refractivity contribution is 7.42. The monoisotopic (exact) mass is 224 g/mol. The van der Waals surface area contributed by atoms with Crippen molar-refractivity contribution in [1.29, 1.82) is 0 Å². The Morgan fingerprint density at radius 1 is 1.20 bits per heavy atom. The first-order chi connectivity index (χ1) is 7.16. The molecule has 1 aromatic carbocycles. The largest absolute Gasteiger partial charge is 0.332 e. The van der Waals surface area contributed by atoms with E-state index in [1.165, 1.54) is 0 Å². The van der Waals surface area contributed by atoms with Gasteiger partial charge in [-0.25, -0.2) is 6.57 Å². The van der Waals surface area contributed by atoms with E-state index in [2.05, 4.69) is 4.85 Å². The molecule has 0 aliphatic carbocycles. The van der Waals surface area contributed by atoms with E-state index in [9.17, 15) is 4.57 Å². The molecular weight excluding hydrogens is 205 g/mol. The van der Waals surface area contributed by atoms with Gasteiger partial charge in [0, 0.05) is 5.56 Å². The summed E-state index contributed by atoms with van der Waals surface area (Å²) in [5, 5.41) is 0. The van der Waals surface area contributed by atoms with Crippen molar-refractivity contribution < 1.29 is 4.57 Å². The second kappa shape index (κ2) is 12.8. The fourth-order valence-corrected chi connectivity index (χ4v) is 0.675. The van der Waals surface area contributed by atoms with Crippen molar-refractivity contribution in [3.8, 4) is 0 Å². The van der Waals surface area contributed by atoms with E-state index in [-0.39, 0.29) is 0 Å². The smallest absolute Gasteiger partial charge is 0.312 e. The summed E-state index contributed by atoms with van der Waals surface area (Å²) >= 11 is 0. The fraction of sp³-hybridized carbons (Fsp3) is 0.417. The molecule has 0 atom stereocenters. The number of hydrogen-bond acceptors (Lipinski definition) is 1. The van der Waals surface area contributed by atoms with Crippen LogP contribution >= 0.6 is 7.80 Å². The Bertz CT molecular complexity index is 286. The number of benzene rings is 1. The second-order valence-electron chi connectivity index (χ2n) is 2.61. The van der Waals surface area contributed by atoms with Gasteiger partial charge in [-0.15, -0.1) is 0 Å². The normalized spacial score (nSPS) is 7.13. The minimum Gasteiger partial charge on any atom is -0.312 e. The molecule has 1 rings (SSSR count). The molecule has 2 nitrogen and oxygen atoms in total. The van der Waals surface area contributed by atoms with Crippen LogP contribution in [-0.4, -0.2) is 13.3 Å². The van der Waals surface area contributed by atoms with E-state index in [1.807, 2.05) is 44.2 Å². The number of rotatable bonds is 1. The Morgan fingerprint density at radius 3 is 1.93 bits per heavy atom. The Hall–Kier alpha value is -1.19. The van der Waals surface area contributed by atoms with Gasteiger partial charge in [0.1, 0.15) is 13.3 Å². The molecule has 0 fully saturated rings. The summed E-state index contributed by atoms with van der Waals surface area (Å²) in [4.78, 5) is 3.26. The van der Waals surface area contributed by atoms with Gasteiger partial charge in [0.25, 0.3) is 0 Å². The standard InChI is InChI=1S/C8H7N.C2H6OP.C2H6/c1-9-7-8-5-3-2-4-6-8;1-4(2)3;1-2/h2-6H,7H2;1-2H3;1-2H3/q;+1;. The summed E-state index contributed by atoms with van der Waals surface area (Å²) in [5.74, 6) is 0. The SMILES string of the molecule is CC.C[P+](C)=O.[C-]#[N+]Cc1ccccc1. The lowest BCUT2D eigenvalue weighted by molar-refractivity contribution is 0.594. The van der Waals surface area contributed by atoms with Crippen LogP contribution in [0.1, 0.15) is 19.4 Å². The van der Waals surface area contributed by atoms with Gasteiger partial charge in [-0.1, -0.05) is 48.7 Å². The van der Waals surface area contributed by atoms with Crippen LogP contribution in [0.2, 0.25) is 0 Å². The minimum absolute atomic E-state index is 0.501. The zero-order valence-electron chi connectivity index (χ0n) is 9.90. The Morgan fingerprint density at radius 2 is 1.60 bits per heavy atom. The summed E-state index contributed by atoms with van der Waals surface area (Å²) in [6, 6.07) is 9.75. The first kappa shape index (κ1) is 16.2. The van der Waals surface area contributed by atoms with Crippen LogP contribution in [-0.2, 0) is 11.1 Å². The highest BCUT2D eigenvalue weighted by Gasteiger charge is 1.88. The average Bonchev–Trinajstić information content (AvgIpc) is 2.22. The molecule has 3 heteroatoms. The maximum atomic E-state index is 9.59. The van der Waals surface area contributed by atoms with E-state index in [0.29, 0.717) is 6.54 Å². The molecule has 0 N–H and O–H groups in total. The summed E-state index contributed by atoms with van der Waals surface area (Å²) in [7, 11) is -0.870. The molecular formula is C12H19NOP+. The van der Waals surface area contributed by atoms with Crippen molar-refractivity contribution >= 4 is 7.80 Å². The third kappa shape index (κ3) is 15.6. The van der Waals surface area contributed by atoms with Crippen molar-refractivity contribution in [2.24, 2.45) is 0 Å². The molecule has 0 bridgehead atoms. The van der Waals surface area contributed by atoms with Crippen LogP contribution in [0, 0.1) is 6.57 Å². The molecule has 1 aromatic rings. The van der Waals surface area contributed by atoms with E-state index >= 15 is 0 Å². The number of hydrogen-bond donors (Lipinski definition) is 0. The Kier molecular flexibility index (Phi) is 13.9. The summed E-state index contributed by atoms with van der Waals surface area (Å²) in [6.07, 6.45) is 0. The second-order valence-corrected chi connectivity index (χ2v) is 4.24. The van der Waals surface area contributed by atoms with Crippen LogP contribution in [0.5, 0.6) is 0 Å². The highest BCUT2D eigenvalue weighted by Crippen LogP contribution is 2.00. The predicted molar refractivity (Wildman–Crippen MR) is 67.6 cm³/mol. The average molecular weight is 224 g/mol. The lowest BCUT2D eigenvalue weighted by Crippen LogP contribution is -1.74. The van der Waals surface area contributed by atoms with Crippen molar-refractivity contribution in [2.75, 3.05) is 13.3 Å². The topological polar surface area (TPSA) is 21.4 Å². The lowest BCUT2D eigenvalue weighted by Gasteiger charge is -1.85. The van der Waals surface area contributed by atoms with Gasteiger partial charge in [0.05, 0.1) is 0 Å². The van der Waals surface area contributed by atoms with Gasteiger partial charge in [-0.2, -0.15) is 0 Å². The van der Waals surface area contributed by atoms with Crippen LogP contribution in [0.4, 0.5) is 0 Å². The molecule has 0 unspecified atom stereocenters. The fourth-order valence-electron chi connectivity index (χ4n) is 0.675. The first-order valence-electron chi connectivity index (χ1n) is 4.88. The molecule has 82 valence electrons. The van der Waals surface area contributed by atoms with E-state index in [0.717, 1.165) is 5.56 Å². The molecule has 0 aromatic heterocycles. The van der Waals surface area contributed by atoms with Gasteiger partial charge < -0.3 is 4.85 Å². The van der Waals surface area contributed by atoms with E-state index < -0.39 is 7.80 Å². The van der Waals surface area contributed by atoms with Gasteiger partial charge >= 0.3 is 7.80 Å². The predicted octanol–water partition coefficient (Wildman–Crippen LogP) is 4.21. The molecule has 0 aliphatic heterocycles. The maximum Gasteiger partial charge on any atom is 0.332 e. The third-order valence-corrected chi connectivity index (χ3v) is 1.10.